The van der Waals surface area contributed by atoms with E-state index in [1.165, 1.54) is 0 Å². The lowest BCUT2D eigenvalue weighted by molar-refractivity contribution is 0.102. The number of halogens is 1. The fraction of sp³-hybridized carbons (Fsp3) is 0.105. The van der Waals surface area contributed by atoms with Gasteiger partial charge in [0.05, 0.1) is 23.1 Å². The molecule has 0 aliphatic heterocycles. The second-order valence-electron chi connectivity index (χ2n) is 5.90. The van der Waals surface area contributed by atoms with Crippen molar-refractivity contribution in [1.82, 2.24) is 14.8 Å². The molecule has 4 aromatic rings. The van der Waals surface area contributed by atoms with E-state index in [-0.39, 0.29) is 5.91 Å². The van der Waals surface area contributed by atoms with E-state index in [9.17, 15) is 4.79 Å². The smallest absolute Gasteiger partial charge is 0.259 e. The maximum atomic E-state index is 12.6. The Morgan fingerprint density at radius 1 is 1.15 bits per heavy atom. The fourth-order valence-electron chi connectivity index (χ4n) is 2.79. The molecule has 0 radical (unpaired) electrons. The van der Waals surface area contributed by atoms with E-state index in [0.29, 0.717) is 33.3 Å². The number of hydrogen-bond acceptors (Lipinski definition) is 4. The highest BCUT2D eigenvalue weighted by Gasteiger charge is 2.16. The molecule has 26 heavy (non-hydrogen) atoms. The average Bonchev–Trinajstić information content (AvgIpc) is 3.17. The number of carbonyl (C=O) groups is 1. The van der Waals surface area contributed by atoms with Crippen LogP contribution in [0.5, 0.6) is 0 Å². The van der Waals surface area contributed by atoms with E-state index in [4.69, 9.17) is 16.0 Å². The molecule has 1 N–H and O–H groups in total. The highest BCUT2D eigenvalue weighted by Crippen LogP contribution is 2.21. The zero-order chi connectivity index (χ0) is 18.3. The lowest BCUT2D eigenvalue weighted by Gasteiger charge is -2.07. The van der Waals surface area contributed by atoms with Crippen LogP contribution in [-0.2, 0) is 0 Å². The lowest BCUT2D eigenvalue weighted by atomic mass is 10.2. The maximum absolute atomic E-state index is 12.6. The van der Waals surface area contributed by atoms with Gasteiger partial charge in [-0.25, -0.2) is 9.67 Å². The molecule has 0 aliphatic carbocycles. The first-order valence-corrected chi connectivity index (χ1v) is 8.38. The monoisotopic (exact) mass is 366 g/mol. The highest BCUT2D eigenvalue weighted by atomic mass is 35.5. The highest BCUT2D eigenvalue weighted by molar-refractivity contribution is 6.30. The molecule has 0 aliphatic rings. The quantitative estimate of drug-likeness (QED) is 0.578. The second kappa shape index (κ2) is 6.31. The minimum Gasteiger partial charge on any atom is -0.441 e. The number of aryl methyl sites for hydroxylation is 1. The van der Waals surface area contributed by atoms with Crippen LogP contribution in [0.25, 0.3) is 16.8 Å². The Morgan fingerprint density at radius 3 is 2.69 bits per heavy atom. The first-order valence-electron chi connectivity index (χ1n) is 8.00. The lowest BCUT2D eigenvalue weighted by Crippen LogP contribution is -2.13. The Labute approximate surface area is 154 Å². The van der Waals surface area contributed by atoms with Gasteiger partial charge < -0.3 is 9.73 Å². The van der Waals surface area contributed by atoms with Crippen LogP contribution >= 0.6 is 11.6 Å². The zero-order valence-electron chi connectivity index (χ0n) is 14.2. The van der Waals surface area contributed by atoms with Gasteiger partial charge in [-0.05, 0) is 49.4 Å². The standard InChI is InChI=1S/C19H15ClN4O2/c1-11-16(10-21-24(11)15-6-3-13(20)4-7-15)19(25)23-14-5-8-18-17(9-14)22-12(2)26-18/h3-10H,1-2H3,(H,23,25). The van der Waals surface area contributed by atoms with Gasteiger partial charge in [0.25, 0.3) is 5.91 Å². The molecule has 6 nitrogen and oxygen atoms in total. The summed E-state index contributed by atoms with van der Waals surface area (Å²) in [6, 6.07) is 12.6. The first kappa shape index (κ1) is 16.4. The van der Waals surface area contributed by atoms with Crippen molar-refractivity contribution in [2.24, 2.45) is 0 Å². The third-order valence-corrected chi connectivity index (χ3v) is 4.33. The Hall–Kier alpha value is -3.12. The molecule has 0 saturated heterocycles. The number of anilines is 1. The summed E-state index contributed by atoms with van der Waals surface area (Å²) in [5.41, 5.74) is 4.11. The van der Waals surface area contributed by atoms with Gasteiger partial charge in [0, 0.05) is 17.6 Å². The van der Waals surface area contributed by atoms with E-state index in [1.54, 1.807) is 48.1 Å². The zero-order valence-corrected chi connectivity index (χ0v) is 14.9. The van der Waals surface area contributed by atoms with Gasteiger partial charge in [0.1, 0.15) is 5.52 Å². The van der Waals surface area contributed by atoms with Crippen molar-refractivity contribution in [2.45, 2.75) is 13.8 Å². The number of nitrogens with one attached hydrogen (secondary N) is 1. The number of hydrogen-bond donors (Lipinski definition) is 1. The molecule has 2 aromatic carbocycles. The summed E-state index contributed by atoms with van der Waals surface area (Å²) in [6.45, 7) is 3.63. The summed E-state index contributed by atoms with van der Waals surface area (Å²) in [5.74, 6) is 0.353. The van der Waals surface area contributed by atoms with Crippen molar-refractivity contribution in [3.8, 4) is 5.69 Å². The van der Waals surface area contributed by atoms with Crippen molar-refractivity contribution in [2.75, 3.05) is 5.32 Å². The predicted octanol–water partition coefficient (Wildman–Crippen LogP) is 4.54. The molecule has 4 rings (SSSR count). The Bertz CT molecular complexity index is 1110. The fourth-order valence-corrected chi connectivity index (χ4v) is 2.92. The van der Waals surface area contributed by atoms with Gasteiger partial charge in [-0.2, -0.15) is 5.10 Å². The summed E-state index contributed by atoms with van der Waals surface area (Å²) in [6.07, 6.45) is 1.55. The van der Waals surface area contributed by atoms with Gasteiger partial charge in [-0.15, -0.1) is 0 Å². The van der Waals surface area contributed by atoms with E-state index in [1.807, 2.05) is 19.1 Å². The number of nitrogens with zero attached hydrogens (tertiary/aromatic N) is 3. The van der Waals surface area contributed by atoms with Gasteiger partial charge >= 0.3 is 0 Å². The number of amides is 1. The van der Waals surface area contributed by atoms with Crippen molar-refractivity contribution >= 4 is 34.3 Å². The molecule has 7 heteroatoms. The van der Waals surface area contributed by atoms with Gasteiger partial charge in [0.15, 0.2) is 11.5 Å². The molecule has 130 valence electrons. The number of fused-ring (bicyclic) bond motifs is 1. The molecule has 0 unspecified atom stereocenters. The molecule has 1 amide bonds. The number of benzene rings is 2. The second-order valence-corrected chi connectivity index (χ2v) is 6.34. The third kappa shape index (κ3) is 2.95. The Morgan fingerprint density at radius 2 is 1.92 bits per heavy atom. The molecule has 0 atom stereocenters. The number of oxazole rings is 1. The average molecular weight is 367 g/mol. The molecule has 2 aromatic heterocycles. The van der Waals surface area contributed by atoms with Crippen molar-refractivity contribution < 1.29 is 9.21 Å². The topological polar surface area (TPSA) is 73.0 Å². The molecule has 0 spiro atoms. The van der Waals surface area contributed by atoms with E-state index < -0.39 is 0 Å². The van der Waals surface area contributed by atoms with Crippen LogP contribution in [-0.4, -0.2) is 20.7 Å². The number of aromatic nitrogens is 3. The molecule has 0 bridgehead atoms. The maximum Gasteiger partial charge on any atom is 0.259 e. The van der Waals surface area contributed by atoms with Gasteiger partial charge in [0.2, 0.25) is 0 Å². The summed E-state index contributed by atoms with van der Waals surface area (Å²) in [4.78, 5) is 16.9. The number of carbonyl (C=O) groups excluding carboxylic acids is 1. The Kier molecular flexibility index (Phi) is 3.97. The Balaban J connectivity index is 1.60. The predicted molar refractivity (Wildman–Crippen MR) is 100 cm³/mol. The van der Waals surface area contributed by atoms with E-state index >= 15 is 0 Å². The number of rotatable bonds is 3. The minimum absolute atomic E-state index is 0.234. The van der Waals surface area contributed by atoms with Gasteiger partial charge in [-0.1, -0.05) is 11.6 Å². The minimum atomic E-state index is -0.234. The molecule has 2 heterocycles. The summed E-state index contributed by atoms with van der Waals surface area (Å²) >= 11 is 5.92. The summed E-state index contributed by atoms with van der Waals surface area (Å²) < 4.78 is 7.15. The molecule has 0 saturated carbocycles. The van der Waals surface area contributed by atoms with Crippen LogP contribution in [0.15, 0.2) is 53.1 Å². The van der Waals surface area contributed by atoms with Crippen LogP contribution in [0.4, 0.5) is 5.69 Å². The normalized spacial score (nSPS) is 11.0. The SMILES string of the molecule is Cc1nc2cc(NC(=O)c3cnn(-c4ccc(Cl)cc4)c3C)ccc2o1. The van der Waals surface area contributed by atoms with Gasteiger partial charge in [-0.3, -0.25) is 4.79 Å². The first-order chi connectivity index (χ1) is 12.5. The van der Waals surface area contributed by atoms with Crippen LogP contribution < -0.4 is 5.32 Å². The van der Waals surface area contributed by atoms with Crippen LogP contribution in [0.2, 0.25) is 5.02 Å². The third-order valence-electron chi connectivity index (χ3n) is 4.08. The molecular weight excluding hydrogens is 352 g/mol. The molecular formula is C19H15ClN4O2. The van der Waals surface area contributed by atoms with Crippen molar-refractivity contribution in [1.29, 1.82) is 0 Å². The van der Waals surface area contributed by atoms with Crippen LogP contribution in [0.3, 0.4) is 0 Å². The van der Waals surface area contributed by atoms with E-state index in [2.05, 4.69) is 15.4 Å². The largest absolute Gasteiger partial charge is 0.441 e. The summed E-state index contributed by atoms with van der Waals surface area (Å²) in [5, 5.41) is 7.84. The molecule has 0 fully saturated rings. The van der Waals surface area contributed by atoms with Crippen molar-refractivity contribution in [3.63, 3.8) is 0 Å². The summed E-state index contributed by atoms with van der Waals surface area (Å²) in [7, 11) is 0. The van der Waals surface area contributed by atoms with Crippen LogP contribution in [0.1, 0.15) is 21.9 Å². The van der Waals surface area contributed by atoms with E-state index in [0.717, 1.165) is 11.4 Å². The van der Waals surface area contributed by atoms with Crippen LogP contribution in [0, 0.1) is 13.8 Å². The van der Waals surface area contributed by atoms with Crippen molar-refractivity contribution in [3.05, 3.63) is 70.8 Å².